The number of benzene rings is 2. The molecule has 0 saturated carbocycles. The minimum atomic E-state index is -0.333. The molecular weight excluding hydrogens is 295 g/mol. The van der Waals surface area contributed by atoms with Crippen LogP contribution < -0.4 is 10.6 Å². The van der Waals surface area contributed by atoms with Gasteiger partial charge in [-0.25, -0.2) is 4.79 Å². The van der Waals surface area contributed by atoms with Gasteiger partial charge in [0.1, 0.15) is 0 Å². The number of urea groups is 1. The van der Waals surface area contributed by atoms with Crippen molar-refractivity contribution >= 4 is 40.6 Å². The van der Waals surface area contributed by atoms with E-state index in [2.05, 4.69) is 10.6 Å². The van der Waals surface area contributed by atoms with E-state index in [9.17, 15) is 4.79 Å². The van der Waals surface area contributed by atoms with E-state index in [1.54, 1.807) is 24.3 Å². The molecule has 0 heterocycles. The highest BCUT2D eigenvalue weighted by Crippen LogP contribution is 2.22. The van der Waals surface area contributed by atoms with Gasteiger partial charge in [0.15, 0.2) is 0 Å². The van der Waals surface area contributed by atoms with E-state index in [1.165, 1.54) is 0 Å². The Morgan fingerprint density at radius 1 is 0.850 bits per heavy atom. The van der Waals surface area contributed by atoms with Crippen molar-refractivity contribution in [1.82, 2.24) is 0 Å². The molecule has 2 amide bonds. The summed E-state index contributed by atoms with van der Waals surface area (Å²) in [5.41, 5.74) is 3.23. The molecule has 2 N–H and O–H groups in total. The van der Waals surface area contributed by atoms with Crippen LogP contribution in [0.5, 0.6) is 0 Å². The van der Waals surface area contributed by atoms with Gasteiger partial charge in [0.05, 0.1) is 0 Å². The SMILES string of the molecule is Cc1ccc(Cl)cc1NC(=O)Nc1cc(Cl)ccc1C. The summed E-state index contributed by atoms with van der Waals surface area (Å²) >= 11 is 11.8. The monoisotopic (exact) mass is 308 g/mol. The van der Waals surface area contributed by atoms with Gasteiger partial charge < -0.3 is 10.6 Å². The number of amides is 2. The molecule has 104 valence electrons. The Hall–Kier alpha value is -1.71. The summed E-state index contributed by atoms with van der Waals surface area (Å²) in [6.07, 6.45) is 0. The fraction of sp³-hybridized carbons (Fsp3) is 0.133. The first-order valence-corrected chi connectivity index (χ1v) is 6.81. The quantitative estimate of drug-likeness (QED) is 0.781. The van der Waals surface area contributed by atoms with Gasteiger partial charge in [-0.05, 0) is 49.2 Å². The Balaban J connectivity index is 2.13. The second-order valence-electron chi connectivity index (χ2n) is 4.50. The molecule has 0 aliphatic heterocycles. The van der Waals surface area contributed by atoms with Crippen molar-refractivity contribution in [2.45, 2.75) is 13.8 Å². The second-order valence-corrected chi connectivity index (χ2v) is 5.37. The minimum Gasteiger partial charge on any atom is -0.307 e. The third-order valence-corrected chi connectivity index (χ3v) is 3.37. The fourth-order valence-electron chi connectivity index (χ4n) is 1.73. The average molecular weight is 309 g/mol. The summed E-state index contributed by atoms with van der Waals surface area (Å²) in [5.74, 6) is 0. The van der Waals surface area contributed by atoms with Crippen molar-refractivity contribution in [3.05, 3.63) is 57.6 Å². The van der Waals surface area contributed by atoms with Crippen LogP contribution in [-0.4, -0.2) is 6.03 Å². The van der Waals surface area contributed by atoms with Gasteiger partial charge in [0.2, 0.25) is 0 Å². The van der Waals surface area contributed by atoms with Crippen LogP contribution in [0.15, 0.2) is 36.4 Å². The lowest BCUT2D eigenvalue weighted by atomic mass is 10.2. The van der Waals surface area contributed by atoms with Gasteiger partial charge in [-0.3, -0.25) is 0 Å². The summed E-state index contributed by atoms with van der Waals surface area (Å²) in [5, 5.41) is 6.69. The van der Waals surface area contributed by atoms with Gasteiger partial charge in [-0.15, -0.1) is 0 Å². The topological polar surface area (TPSA) is 41.1 Å². The predicted octanol–water partition coefficient (Wildman–Crippen LogP) is 5.25. The zero-order valence-electron chi connectivity index (χ0n) is 11.1. The van der Waals surface area contributed by atoms with Crippen LogP contribution in [0.25, 0.3) is 0 Å². The first-order chi connectivity index (χ1) is 9.45. The molecule has 2 aromatic carbocycles. The highest BCUT2D eigenvalue weighted by Gasteiger charge is 2.07. The fourth-order valence-corrected chi connectivity index (χ4v) is 2.08. The van der Waals surface area contributed by atoms with Gasteiger partial charge >= 0.3 is 6.03 Å². The van der Waals surface area contributed by atoms with Gasteiger partial charge in [0, 0.05) is 21.4 Å². The molecule has 0 saturated heterocycles. The highest BCUT2D eigenvalue weighted by atomic mass is 35.5. The van der Waals surface area contributed by atoms with Crippen LogP contribution in [0.4, 0.5) is 16.2 Å². The second kappa shape index (κ2) is 6.16. The Bertz CT molecular complexity index is 601. The number of hydrogen-bond acceptors (Lipinski definition) is 1. The van der Waals surface area contributed by atoms with E-state index in [1.807, 2.05) is 26.0 Å². The third kappa shape index (κ3) is 3.65. The maximum atomic E-state index is 12.0. The molecule has 20 heavy (non-hydrogen) atoms. The maximum Gasteiger partial charge on any atom is 0.323 e. The molecule has 0 fully saturated rings. The van der Waals surface area contributed by atoms with Crippen molar-refractivity contribution in [3.63, 3.8) is 0 Å². The van der Waals surface area contributed by atoms with Gasteiger partial charge in [-0.2, -0.15) is 0 Å². The van der Waals surface area contributed by atoms with E-state index in [0.717, 1.165) is 11.1 Å². The zero-order valence-corrected chi connectivity index (χ0v) is 12.6. The number of anilines is 2. The summed E-state index contributed by atoms with van der Waals surface area (Å²) < 4.78 is 0. The largest absolute Gasteiger partial charge is 0.323 e. The van der Waals surface area contributed by atoms with E-state index in [-0.39, 0.29) is 6.03 Å². The van der Waals surface area contributed by atoms with Gasteiger partial charge in [-0.1, -0.05) is 35.3 Å². The van der Waals surface area contributed by atoms with E-state index in [4.69, 9.17) is 23.2 Å². The van der Waals surface area contributed by atoms with E-state index in [0.29, 0.717) is 21.4 Å². The lowest BCUT2D eigenvalue weighted by molar-refractivity contribution is 0.262. The number of hydrogen-bond donors (Lipinski definition) is 2. The molecule has 0 aliphatic rings. The van der Waals surface area contributed by atoms with E-state index >= 15 is 0 Å². The number of halogens is 2. The molecule has 0 unspecified atom stereocenters. The van der Waals surface area contributed by atoms with Crippen LogP contribution in [0, 0.1) is 13.8 Å². The molecule has 0 aliphatic carbocycles. The normalized spacial score (nSPS) is 10.2. The molecule has 0 bridgehead atoms. The lowest BCUT2D eigenvalue weighted by Crippen LogP contribution is -2.20. The number of nitrogens with one attached hydrogen (secondary N) is 2. The summed E-state index contributed by atoms with van der Waals surface area (Å²) in [6, 6.07) is 10.3. The van der Waals surface area contributed by atoms with Crippen LogP contribution in [-0.2, 0) is 0 Å². The molecule has 0 spiro atoms. The molecule has 2 aromatic rings. The van der Waals surface area contributed by atoms with Crippen molar-refractivity contribution in [3.8, 4) is 0 Å². The van der Waals surface area contributed by atoms with Crippen LogP contribution in [0.2, 0.25) is 10.0 Å². The summed E-state index contributed by atoms with van der Waals surface area (Å²) in [4.78, 5) is 12.0. The Morgan fingerprint density at radius 2 is 1.25 bits per heavy atom. The summed E-state index contributed by atoms with van der Waals surface area (Å²) in [7, 11) is 0. The maximum absolute atomic E-state index is 12.0. The molecule has 5 heteroatoms. The van der Waals surface area contributed by atoms with Crippen molar-refractivity contribution in [1.29, 1.82) is 0 Å². The van der Waals surface area contributed by atoms with Crippen molar-refractivity contribution < 1.29 is 4.79 Å². The van der Waals surface area contributed by atoms with E-state index < -0.39 is 0 Å². The number of rotatable bonds is 2. The third-order valence-electron chi connectivity index (χ3n) is 2.90. The zero-order chi connectivity index (χ0) is 14.7. The first-order valence-electron chi connectivity index (χ1n) is 6.06. The Kier molecular flexibility index (Phi) is 4.53. The molecule has 0 radical (unpaired) electrons. The number of carbonyl (C=O) groups is 1. The highest BCUT2D eigenvalue weighted by molar-refractivity contribution is 6.31. The molecule has 2 rings (SSSR count). The minimum absolute atomic E-state index is 0.333. The van der Waals surface area contributed by atoms with Gasteiger partial charge in [0.25, 0.3) is 0 Å². The van der Waals surface area contributed by atoms with Crippen LogP contribution in [0.3, 0.4) is 0 Å². The lowest BCUT2D eigenvalue weighted by Gasteiger charge is -2.12. The predicted molar refractivity (Wildman–Crippen MR) is 85.0 cm³/mol. The molecule has 3 nitrogen and oxygen atoms in total. The number of carbonyl (C=O) groups excluding carboxylic acids is 1. The average Bonchev–Trinajstić information content (AvgIpc) is 2.38. The molecule has 0 atom stereocenters. The van der Waals surface area contributed by atoms with Crippen molar-refractivity contribution in [2.75, 3.05) is 10.6 Å². The Morgan fingerprint density at radius 3 is 1.65 bits per heavy atom. The summed E-state index contributed by atoms with van der Waals surface area (Å²) in [6.45, 7) is 3.80. The smallest absolute Gasteiger partial charge is 0.307 e. The standard InChI is InChI=1S/C15H14Cl2N2O/c1-9-3-5-11(16)7-13(9)18-15(20)19-14-8-12(17)6-4-10(14)2/h3-8H,1-2H3,(H2,18,19,20). The molecular formula is C15H14Cl2N2O. The van der Waals surface area contributed by atoms with Crippen molar-refractivity contribution in [2.24, 2.45) is 0 Å². The number of aryl methyl sites for hydroxylation is 2. The van der Waals surface area contributed by atoms with Crippen LogP contribution in [0.1, 0.15) is 11.1 Å². The first kappa shape index (κ1) is 14.7. The molecule has 0 aromatic heterocycles. The Labute approximate surface area is 127 Å². The van der Waals surface area contributed by atoms with Crippen LogP contribution >= 0.6 is 23.2 Å².